The number of nitrogens with two attached hydrogens (primary N) is 1. The Hall–Kier alpha value is -3.63. The van der Waals surface area contributed by atoms with Crippen molar-refractivity contribution in [2.75, 3.05) is 11.1 Å². The Morgan fingerprint density at radius 2 is 2.00 bits per heavy atom. The summed E-state index contributed by atoms with van der Waals surface area (Å²) < 4.78 is 1.46. The zero-order valence-corrected chi connectivity index (χ0v) is 11.0. The lowest BCUT2D eigenvalue weighted by Gasteiger charge is -2.02. The van der Waals surface area contributed by atoms with Crippen LogP contribution in [0.25, 0.3) is 5.95 Å². The predicted octanol–water partition coefficient (Wildman–Crippen LogP) is 0.686. The van der Waals surface area contributed by atoms with Gasteiger partial charge in [-0.2, -0.15) is 10.1 Å². The number of nitrogen functional groups attached to an aromatic ring is 1. The van der Waals surface area contributed by atoms with E-state index in [0.717, 1.165) is 6.20 Å². The summed E-state index contributed by atoms with van der Waals surface area (Å²) in [6, 6.07) is 1.69. The second-order valence-corrected chi connectivity index (χ2v) is 4.07. The Balaban J connectivity index is 1.81. The highest BCUT2D eigenvalue weighted by Gasteiger charge is 2.14. The van der Waals surface area contributed by atoms with Crippen molar-refractivity contribution in [3.05, 3.63) is 47.2 Å². The minimum atomic E-state index is -0.649. The summed E-state index contributed by atoms with van der Waals surface area (Å²) in [7, 11) is 0. The van der Waals surface area contributed by atoms with E-state index >= 15 is 0 Å². The van der Waals surface area contributed by atoms with Crippen LogP contribution in [0.2, 0.25) is 0 Å². The Morgan fingerprint density at radius 3 is 2.68 bits per heavy atom. The molecule has 0 aliphatic rings. The van der Waals surface area contributed by atoms with Crippen LogP contribution in [-0.2, 0) is 0 Å². The summed E-state index contributed by atoms with van der Waals surface area (Å²) in [6.07, 6.45) is 7.36. The van der Waals surface area contributed by atoms with E-state index in [-0.39, 0.29) is 17.5 Å². The molecular weight excluding hydrogens is 290 g/mol. The summed E-state index contributed by atoms with van der Waals surface area (Å²) in [4.78, 5) is 25.7. The highest BCUT2D eigenvalue weighted by Crippen LogP contribution is 2.20. The van der Waals surface area contributed by atoms with E-state index in [9.17, 15) is 10.1 Å². The zero-order chi connectivity index (χ0) is 15.5. The third-order valence-electron chi connectivity index (χ3n) is 2.59. The Bertz CT molecular complexity index is 817. The van der Waals surface area contributed by atoms with Crippen LogP contribution in [0, 0.1) is 10.1 Å². The molecule has 22 heavy (non-hydrogen) atoms. The number of nitrogens with zero attached hydrogens (tertiary/aromatic N) is 7. The van der Waals surface area contributed by atoms with Gasteiger partial charge in [-0.15, -0.1) is 0 Å². The first kappa shape index (κ1) is 13.4. The van der Waals surface area contributed by atoms with Gasteiger partial charge in [0.1, 0.15) is 6.20 Å². The maximum atomic E-state index is 10.6. The fraction of sp³-hybridized carbons (Fsp3) is 0. The molecule has 3 heterocycles. The minimum absolute atomic E-state index is 0.122. The van der Waals surface area contributed by atoms with Crippen molar-refractivity contribution in [2.45, 2.75) is 0 Å². The number of anilines is 3. The lowest BCUT2D eigenvalue weighted by molar-refractivity contribution is -0.384. The third kappa shape index (κ3) is 2.63. The molecule has 0 saturated heterocycles. The van der Waals surface area contributed by atoms with E-state index < -0.39 is 4.92 Å². The van der Waals surface area contributed by atoms with Gasteiger partial charge in [-0.05, 0) is 6.07 Å². The van der Waals surface area contributed by atoms with E-state index in [4.69, 9.17) is 5.73 Å². The number of hydrogen-bond acceptors (Lipinski definition) is 9. The normalized spacial score (nSPS) is 10.4. The van der Waals surface area contributed by atoms with Crippen LogP contribution < -0.4 is 11.1 Å². The Kier molecular flexibility index (Phi) is 3.28. The molecule has 0 atom stereocenters. The van der Waals surface area contributed by atoms with Gasteiger partial charge in [-0.1, -0.05) is 0 Å². The van der Waals surface area contributed by atoms with Gasteiger partial charge in [0.05, 0.1) is 23.0 Å². The second kappa shape index (κ2) is 5.40. The van der Waals surface area contributed by atoms with E-state index in [1.807, 2.05) is 0 Å². The molecule has 0 bridgehead atoms. The molecule has 0 amide bonds. The Morgan fingerprint density at radius 1 is 1.23 bits per heavy atom. The average Bonchev–Trinajstić information content (AvgIpc) is 2.96. The van der Waals surface area contributed by atoms with Gasteiger partial charge >= 0.3 is 5.69 Å². The van der Waals surface area contributed by atoms with Gasteiger partial charge in [0, 0.05) is 12.4 Å². The second-order valence-electron chi connectivity index (χ2n) is 4.07. The first-order valence-electron chi connectivity index (χ1n) is 5.99. The molecule has 3 rings (SSSR count). The standard InChI is InChI=1S/C11H9N9O2/c12-9-8(20(21)22)5-15-10(18-9)17-7-4-16-19(6-7)11-13-2-1-3-14-11/h1-6H,(H3,12,15,17,18). The van der Waals surface area contributed by atoms with Crippen LogP contribution in [0.5, 0.6) is 0 Å². The van der Waals surface area contributed by atoms with Crippen molar-refractivity contribution in [3.8, 4) is 5.95 Å². The molecule has 0 aromatic carbocycles. The van der Waals surface area contributed by atoms with E-state index in [2.05, 4.69) is 30.4 Å². The molecule has 0 aliphatic heterocycles. The number of nitrogens with one attached hydrogen (secondary N) is 1. The lowest BCUT2D eigenvalue weighted by atomic mass is 10.5. The molecule has 3 N–H and O–H groups in total. The van der Waals surface area contributed by atoms with Gasteiger partial charge in [0.25, 0.3) is 0 Å². The Labute approximate surface area is 123 Å². The summed E-state index contributed by atoms with van der Waals surface area (Å²) in [6.45, 7) is 0. The SMILES string of the molecule is Nc1nc(Nc2cnn(-c3ncccn3)c2)ncc1[N+](=O)[O-]. The van der Waals surface area contributed by atoms with Crippen LogP contribution in [0.4, 0.5) is 23.1 Å². The highest BCUT2D eigenvalue weighted by atomic mass is 16.6. The van der Waals surface area contributed by atoms with E-state index in [1.54, 1.807) is 24.7 Å². The van der Waals surface area contributed by atoms with Gasteiger partial charge in [-0.25, -0.2) is 19.6 Å². The first-order chi connectivity index (χ1) is 10.6. The molecule has 11 heteroatoms. The van der Waals surface area contributed by atoms with Crippen molar-refractivity contribution >= 4 is 23.1 Å². The largest absolute Gasteiger partial charge is 0.378 e. The van der Waals surface area contributed by atoms with Crippen LogP contribution in [0.1, 0.15) is 0 Å². The number of aromatic nitrogens is 6. The van der Waals surface area contributed by atoms with Crippen LogP contribution >= 0.6 is 0 Å². The monoisotopic (exact) mass is 299 g/mol. The van der Waals surface area contributed by atoms with Gasteiger partial charge in [-0.3, -0.25) is 10.1 Å². The maximum absolute atomic E-state index is 10.6. The molecular formula is C11H9N9O2. The quantitative estimate of drug-likeness (QED) is 0.523. The van der Waals surface area contributed by atoms with Gasteiger partial charge < -0.3 is 11.1 Å². The molecule has 3 aromatic rings. The fourth-order valence-electron chi connectivity index (χ4n) is 1.62. The summed E-state index contributed by atoms with van der Waals surface area (Å²) in [5, 5.41) is 17.6. The third-order valence-corrected chi connectivity index (χ3v) is 2.59. The maximum Gasteiger partial charge on any atom is 0.329 e. The van der Waals surface area contributed by atoms with Crippen molar-refractivity contribution < 1.29 is 4.92 Å². The number of rotatable bonds is 4. The predicted molar refractivity (Wildman–Crippen MR) is 75.5 cm³/mol. The van der Waals surface area contributed by atoms with Crippen molar-refractivity contribution in [1.29, 1.82) is 0 Å². The molecule has 0 unspecified atom stereocenters. The van der Waals surface area contributed by atoms with E-state index in [0.29, 0.717) is 11.6 Å². The fourth-order valence-corrected chi connectivity index (χ4v) is 1.62. The molecule has 0 spiro atoms. The van der Waals surface area contributed by atoms with E-state index in [1.165, 1.54) is 10.9 Å². The van der Waals surface area contributed by atoms with Gasteiger partial charge in [0.15, 0.2) is 0 Å². The van der Waals surface area contributed by atoms with Crippen LogP contribution in [-0.4, -0.2) is 34.6 Å². The topological polar surface area (TPSA) is 151 Å². The molecule has 0 aliphatic carbocycles. The average molecular weight is 299 g/mol. The molecule has 110 valence electrons. The zero-order valence-electron chi connectivity index (χ0n) is 11.0. The van der Waals surface area contributed by atoms with Gasteiger partial charge in [0.2, 0.25) is 17.7 Å². The summed E-state index contributed by atoms with van der Waals surface area (Å²) in [5.74, 6) is 0.303. The molecule has 0 fully saturated rings. The van der Waals surface area contributed by atoms with Crippen LogP contribution in [0.15, 0.2) is 37.1 Å². The molecule has 0 saturated carbocycles. The lowest BCUT2D eigenvalue weighted by Crippen LogP contribution is -2.03. The number of nitro groups is 1. The van der Waals surface area contributed by atoms with Crippen molar-refractivity contribution in [2.24, 2.45) is 0 Å². The molecule has 11 nitrogen and oxygen atoms in total. The smallest absolute Gasteiger partial charge is 0.329 e. The van der Waals surface area contributed by atoms with Crippen LogP contribution in [0.3, 0.4) is 0 Å². The van der Waals surface area contributed by atoms with Crippen molar-refractivity contribution in [3.63, 3.8) is 0 Å². The molecule has 3 aromatic heterocycles. The highest BCUT2D eigenvalue weighted by molar-refractivity contribution is 5.57. The van der Waals surface area contributed by atoms with Crippen molar-refractivity contribution in [1.82, 2.24) is 29.7 Å². The summed E-state index contributed by atoms with van der Waals surface area (Å²) in [5.41, 5.74) is 5.71. The molecule has 0 radical (unpaired) electrons. The number of hydrogen-bond donors (Lipinski definition) is 2. The minimum Gasteiger partial charge on any atom is -0.378 e. The summed E-state index contributed by atoms with van der Waals surface area (Å²) >= 11 is 0. The first-order valence-corrected chi connectivity index (χ1v) is 5.99.